The molecule has 0 saturated carbocycles. The Balaban J connectivity index is 1.64. The average Bonchev–Trinajstić information content (AvgIpc) is 3.16. The van der Waals surface area contributed by atoms with E-state index in [9.17, 15) is 4.79 Å². The molecule has 0 fully saturated rings. The Morgan fingerprint density at radius 2 is 1.96 bits per heavy atom. The van der Waals surface area contributed by atoms with E-state index in [0.29, 0.717) is 30.2 Å². The summed E-state index contributed by atoms with van der Waals surface area (Å²) in [7, 11) is 3.15. The van der Waals surface area contributed by atoms with Gasteiger partial charge in [0.25, 0.3) is 5.91 Å². The van der Waals surface area contributed by atoms with Gasteiger partial charge in [-0.2, -0.15) is 0 Å². The molecule has 6 heteroatoms. The van der Waals surface area contributed by atoms with Crippen LogP contribution in [0.25, 0.3) is 0 Å². The van der Waals surface area contributed by atoms with E-state index in [1.54, 1.807) is 14.2 Å². The monoisotopic (exact) mass is 340 g/mol. The molecule has 1 N–H and O–H groups in total. The minimum absolute atomic E-state index is 0.190. The Kier molecular flexibility index (Phi) is 5.18. The van der Waals surface area contributed by atoms with Crippen molar-refractivity contribution in [3.63, 3.8) is 0 Å². The second-order valence-corrected chi connectivity index (χ2v) is 5.58. The second kappa shape index (κ2) is 7.70. The highest BCUT2D eigenvalue weighted by atomic mass is 16.6. The summed E-state index contributed by atoms with van der Waals surface area (Å²) in [5.41, 5.74) is 2.46. The van der Waals surface area contributed by atoms with Crippen molar-refractivity contribution in [2.45, 2.75) is 19.1 Å². The molecule has 0 aromatic heterocycles. The number of para-hydroxylation sites is 1. The number of carbonyl (C=O) groups excluding carboxylic acids is 1. The maximum atomic E-state index is 12.3. The van der Waals surface area contributed by atoms with Gasteiger partial charge >= 0.3 is 0 Å². The molecule has 2 aromatic carbocycles. The molecule has 6 nitrogen and oxygen atoms in total. The van der Waals surface area contributed by atoms with Crippen molar-refractivity contribution in [2.75, 3.05) is 14.2 Å². The van der Waals surface area contributed by atoms with E-state index in [1.807, 2.05) is 48.5 Å². The van der Waals surface area contributed by atoms with Crippen LogP contribution in [-0.2, 0) is 16.2 Å². The highest BCUT2D eigenvalue weighted by Crippen LogP contribution is 2.33. The van der Waals surface area contributed by atoms with Crippen LogP contribution in [0.15, 0.2) is 53.7 Å². The zero-order valence-electron chi connectivity index (χ0n) is 14.2. The van der Waals surface area contributed by atoms with Crippen molar-refractivity contribution >= 4 is 11.6 Å². The predicted octanol–water partition coefficient (Wildman–Crippen LogP) is 2.51. The average molecular weight is 340 g/mol. The first-order valence-electron chi connectivity index (χ1n) is 7.98. The van der Waals surface area contributed by atoms with Crippen LogP contribution in [0.2, 0.25) is 0 Å². The lowest BCUT2D eigenvalue weighted by Gasteiger charge is -2.12. The minimum Gasteiger partial charge on any atom is -0.493 e. The van der Waals surface area contributed by atoms with Crippen molar-refractivity contribution in [1.29, 1.82) is 0 Å². The van der Waals surface area contributed by atoms with Crippen LogP contribution in [0.3, 0.4) is 0 Å². The van der Waals surface area contributed by atoms with Gasteiger partial charge in [-0.05, 0) is 17.7 Å². The van der Waals surface area contributed by atoms with Crippen molar-refractivity contribution < 1.29 is 19.1 Å². The van der Waals surface area contributed by atoms with E-state index in [4.69, 9.17) is 14.3 Å². The summed E-state index contributed by atoms with van der Waals surface area (Å²) < 4.78 is 10.7. The number of amides is 1. The molecule has 1 amide bonds. The Morgan fingerprint density at radius 3 is 2.68 bits per heavy atom. The number of methoxy groups -OCH3 is 2. The summed E-state index contributed by atoms with van der Waals surface area (Å²) in [5, 5.41) is 6.94. The lowest BCUT2D eigenvalue weighted by Crippen LogP contribution is -2.34. The van der Waals surface area contributed by atoms with Gasteiger partial charge in [0, 0.05) is 18.5 Å². The third-order valence-corrected chi connectivity index (χ3v) is 3.98. The van der Waals surface area contributed by atoms with Gasteiger partial charge in [0.1, 0.15) is 0 Å². The fourth-order valence-corrected chi connectivity index (χ4v) is 2.69. The molecule has 0 spiro atoms. The number of carbonyl (C=O) groups is 1. The summed E-state index contributed by atoms with van der Waals surface area (Å²) in [4.78, 5) is 17.6. The number of ether oxygens (including phenoxy) is 2. The van der Waals surface area contributed by atoms with Crippen molar-refractivity contribution in [2.24, 2.45) is 5.16 Å². The van der Waals surface area contributed by atoms with Crippen molar-refractivity contribution in [1.82, 2.24) is 5.32 Å². The van der Waals surface area contributed by atoms with Crippen LogP contribution in [0.5, 0.6) is 11.5 Å². The molecule has 0 unspecified atom stereocenters. The minimum atomic E-state index is -0.644. The van der Waals surface area contributed by atoms with Gasteiger partial charge in [-0.15, -0.1) is 0 Å². The third kappa shape index (κ3) is 3.74. The number of nitrogens with zero attached hydrogens (tertiary/aromatic N) is 1. The van der Waals surface area contributed by atoms with E-state index in [-0.39, 0.29) is 5.91 Å². The van der Waals surface area contributed by atoms with E-state index < -0.39 is 6.10 Å². The van der Waals surface area contributed by atoms with Crippen LogP contribution < -0.4 is 14.8 Å². The zero-order chi connectivity index (χ0) is 17.6. The van der Waals surface area contributed by atoms with Crippen LogP contribution >= 0.6 is 0 Å². The van der Waals surface area contributed by atoms with Crippen LogP contribution in [-0.4, -0.2) is 31.9 Å². The molecule has 2 aromatic rings. The fourth-order valence-electron chi connectivity index (χ4n) is 2.69. The maximum absolute atomic E-state index is 12.3. The van der Waals surface area contributed by atoms with Gasteiger partial charge in [0.2, 0.25) is 6.10 Å². The number of hydrogen-bond acceptors (Lipinski definition) is 5. The molecular formula is C19H20N2O4. The normalized spacial score (nSPS) is 15.9. The molecule has 1 heterocycles. The lowest BCUT2D eigenvalue weighted by molar-refractivity contribution is -0.131. The quantitative estimate of drug-likeness (QED) is 0.877. The van der Waals surface area contributed by atoms with Gasteiger partial charge in [-0.3, -0.25) is 4.79 Å². The van der Waals surface area contributed by atoms with E-state index in [0.717, 1.165) is 11.1 Å². The first-order valence-corrected chi connectivity index (χ1v) is 7.98. The van der Waals surface area contributed by atoms with Gasteiger partial charge in [0.15, 0.2) is 11.5 Å². The molecule has 0 radical (unpaired) electrons. The summed E-state index contributed by atoms with van der Waals surface area (Å²) in [6.45, 7) is 0.456. The smallest absolute Gasteiger partial charge is 0.264 e. The third-order valence-electron chi connectivity index (χ3n) is 3.98. The SMILES string of the molecule is COc1cccc(C2=NO[C@@H](C(=O)NCc3ccccc3)C2)c1OC. The van der Waals surface area contributed by atoms with Crippen LogP contribution in [0.4, 0.5) is 0 Å². The molecule has 130 valence electrons. The molecule has 25 heavy (non-hydrogen) atoms. The molecule has 1 aliphatic rings. The van der Waals surface area contributed by atoms with E-state index in [1.165, 1.54) is 0 Å². The van der Waals surface area contributed by atoms with Crippen LogP contribution in [0.1, 0.15) is 17.5 Å². The molecule has 0 saturated heterocycles. The number of oxime groups is 1. The topological polar surface area (TPSA) is 69.2 Å². The second-order valence-electron chi connectivity index (χ2n) is 5.58. The fraction of sp³-hybridized carbons (Fsp3) is 0.263. The number of nitrogens with one attached hydrogen (secondary N) is 1. The predicted molar refractivity (Wildman–Crippen MR) is 93.9 cm³/mol. The highest BCUT2D eigenvalue weighted by molar-refractivity contribution is 6.06. The van der Waals surface area contributed by atoms with Crippen molar-refractivity contribution in [3.8, 4) is 11.5 Å². The molecule has 0 bridgehead atoms. The summed E-state index contributed by atoms with van der Waals surface area (Å²) in [5.74, 6) is 1.00. The molecule has 1 aliphatic heterocycles. The van der Waals surface area contributed by atoms with E-state index in [2.05, 4.69) is 10.5 Å². The Labute approximate surface area is 146 Å². The summed E-state index contributed by atoms with van der Waals surface area (Å²) in [6.07, 6.45) is -0.265. The number of hydrogen-bond donors (Lipinski definition) is 1. The molecule has 3 rings (SSSR count). The number of rotatable bonds is 6. The zero-order valence-corrected chi connectivity index (χ0v) is 14.2. The molecule has 0 aliphatic carbocycles. The first-order chi connectivity index (χ1) is 12.2. The van der Waals surface area contributed by atoms with Gasteiger partial charge in [-0.1, -0.05) is 41.6 Å². The van der Waals surface area contributed by atoms with Gasteiger partial charge in [-0.25, -0.2) is 0 Å². The largest absolute Gasteiger partial charge is 0.493 e. The summed E-state index contributed by atoms with van der Waals surface area (Å²) in [6, 6.07) is 15.2. The van der Waals surface area contributed by atoms with Gasteiger partial charge in [0.05, 0.1) is 19.9 Å². The molecular weight excluding hydrogens is 320 g/mol. The Morgan fingerprint density at radius 1 is 1.16 bits per heavy atom. The van der Waals surface area contributed by atoms with Crippen molar-refractivity contribution in [3.05, 3.63) is 59.7 Å². The Bertz CT molecular complexity index is 774. The first kappa shape index (κ1) is 16.8. The summed E-state index contributed by atoms with van der Waals surface area (Å²) >= 11 is 0. The highest BCUT2D eigenvalue weighted by Gasteiger charge is 2.30. The lowest BCUT2D eigenvalue weighted by atomic mass is 10.0. The standard InChI is InChI=1S/C19H20N2O4/c1-23-16-10-6-9-14(18(16)24-2)15-11-17(25-21-15)19(22)20-12-13-7-4-3-5-8-13/h3-10,17H,11-12H2,1-2H3,(H,20,22)/t17-/m1/s1. The maximum Gasteiger partial charge on any atom is 0.264 e. The Hall–Kier alpha value is -3.02. The van der Waals surface area contributed by atoms with Crippen LogP contribution in [0, 0.1) is 0 Å². The van der Waals surface area contributed by atoms with E-state index >= 15 is 0 Å². The number of benzene rings is 2. The van der Waals surface area contributed by atoms with Gasteiger partial charge < -0.3 is 19.6 Å². The molecule has 1 atom stereocenters.